The first-order chi connectivity index (χ1) is 7.68. The van der Waals surface area contributed by atoms with E-state index in [-0.39, 0.29) is 0 Å². The van der Waals surface area contributed by atoms with Crippen LogP contribution in [0.4, 0.5) is 0 Å². The maximum absolute atomic E-state index is 2.33. The largest absolute Gasteiger partial charge is 0.0840 e. The Morgan fingerprint density at radius 1 is 1.12 bits per heavy atom. The summed E-state index contributed by atoms with van der Waals surface area (Å²) < 4.78 is 0. The molecule has 0 spiro atoms. The first-order valence-corrected chi connectivity index (χ1v) is 6.11. The van der Waals surface area contributed by atoms with Crippen molar-refractivity contribution >= 4 is 5.57 Å². The molecule has 16 heavy (non-hydrogen) atoms. The van der Waals surface area contributed by atoms with Crippen molar-refractivity contribution in [3.63, 3.8) is 0 Å². The fraction of sp³-hybridized carbons (Fsp3) is 0.375. The Hall–Kier alpha value is -1.30. The molecule has 84 valence electrons. The molecule has 0 aliphatic heterocycles. The van der Waals surface area contributed by atoms with Gasteiger partial charge in [0, 0.05) is 0 Å². The molecular formula is C16H20. The summed E-state index contributed by atoms with van der Waals surface area (Å²) in [6.07, 6.45) is 6.99. The standard InChI is InChI=1S/C16H20/c1-12-7-6-9-14(3)16(11-12)15-10-5-4-8-13(15)2/h4-6,8-10,12H,7,11H2,1-3H3. The number of rotatable bonds is 1. The zero-order valence-corrected chi connectivity index (χ0v) is 10.5. The zero-order valence-electron chi connectivity index (χ0n) is 10.5. The third-order valence-electron chi connectivity index (χ3n) is 3.41. The summed E-state index contributed by atoms with van der Waals surface area (Å²) in [4.78, 5) is 0. The van der Waals surface area contributed by atoms with Crippen molar-refractivity contribution in [3.05, 3.63) is 53.1 Å². The fourth-order valence-electron chi connectivity index (χ4n) is 2.40. The van der Waals surface area contributed by atoms with E-state index in [1.165, 1.54) is 35.1 Å². The van der Waals surface area contributed by atoms with Gasteiger partial charge < -0.3 is 0 Å². The van der Waals surface area contributed by atoms with Crippen LogP contribution in [0.15, 0.2) is 42.0 Å². The normalized spacial score (nSPS) is 21.1. The Bertz CT molecular complexity index is 435. The number of benzene rings is 1. The minimum atomic E-state index is 0.753. The smallest absolute Gasteiger partial charge is 0.0192 e. The molecule has 0 N–H and O–H groups in total. The van der Waals surface area contributed by atoms with Gasteiger partial charge in [0.15, 0.2) is 0 Å². The van der Waals surface area contributed by atoms with Gasteiger partial charge in [-0.25, -0.2) is 0 Å². The second-order valence-corrected chi connectivity index (χ2v) is 4.92. The van der Waals surface area contributed by atoms with E-state index in [2.05, 4.69) is 57.2 Å². The summed E-state index contributed by atoms with van der Waals surface area (Å²) in [5.74, 6) is 0.753. The lowest BCUT2D eigenvalue weighted by Crippen LogP contribution is -1.97. The average molecular weight is 212 g/mol. The third-order valence-corrected chi connectivity index (χ3v) is 3.41. The lowest BCUT2D eigenvalue weighted by Gasteiger charge is -2.15. The number of hydrogen-bond acceptors (Lipinski definition) is 0. The van der Waals surface area contributed by atoms with Crippen LogP contribution in [0.3, 0.4) is 0 Å². The molecule has 1 aromatic rings. The van der Waals surface area contributed by atoms with Crippen LogP contribution < -0.4 is 0 Å². The van der Waals surface area contributed by atoms with E-state index in [1.54, 1.807) is 0 Å². The maximum atomic E-state index is 2.33. The molecule has 1 unspecified atom stereocenters. The fourth-order valence-corrected chi connectivity index (χ4v) is 2.40. The maximum Gasteiger partial charge on any atom is -0.0192 e. The van der Waals surface area contributed by atoms with Gasteiger partial charge in [-0.15, -0.1) is 0 Å². The number of allylic oxidation sites excluding steroid dienone is 4. The van der Waals surface area contributed by atoms with Crippen LogP contribution in [0.1, 0.15) is 37.8 Å². The highest BCUT2D eigenvalue weighted by atomic mass is 14.2. The van der Waals surface area contributed by atoms with E-state index < -0.39 is 0 Å². The summed E-state index contributed by atoms with van der Waals surface area (Å²) in [5, 5.41) is 0. The van der Waals surface area contributed by atoms with Crippen molar-refractivity contribution in [2.24, 2.45) is 5.92 Å². The van der Waals surface area contributed by atoms with E-state index in [0.717, 1.165) is 5.92 Å². The van der Waals surface area contributed by atoms with E-state index in [0.29, 0.717) is 0 Å². The lowest BCUT2D eigenvalue weighted by molar-refractivity contribution is 0.614. The molecule has 0 saturated heterocycles. The van der Waals surface area contributed by atoms with Crippen molar-refractivity contribution in [3.8, 4) is 0 Å². The van der Waals surface area contributed by atoms with Gasteiger partial charge >= 0.3 is 0 Å². The summed E-state index contributed by atoms with van der Waals surface area (Å²) in [6, 6.07) is 8.71. The first-order valence-electron chi connectivity index (χ1n) is 6.11. The van der Waals surface area contributed by atoms with Crippen LogP contribution in [0.25, 0.3) is 5.57 Å². The molecule has 0 fully saturated rings. The molecule has 0 heterocycles. The molecule has 0 saturated carbocycles. The first kappa shape index (κ1) is 11.2. The molecule has 1 atom stereocenters. The molecule has 0 bridgehead atoms. The van der Waals surface area contributed by atoms with Gasteiger partial charge in [0.05, 0.1) is 0 Å². The molecular weight excluding hydrogens is 192 g/mol. The minimum Gasteiger partial charge on any atom is -0.0840 e. The zero-order chi connectivity index (χ0) is 11.5. The van der Waals surface area contributed by atoms with Crippen LogP contribution in [-0.4, -0.2) is 0 Å². The second kappa shape index (κ2) is 4.69. The monoisotopic (exact) mass is 212 g/mol. The Morgan fingerprint density at radius 3 is 2.62 bits per heavy atom. The van der Waals surface area contributed by atoms with Gasteiger partial charge in [-0.2, -0.15) is 0 Å². The van der Waals surface area contributed by atoms with E-state index in [1.807, 2.05) is 0 Å². The van der Waals surface area contributed by atoms with Crippen molar-refractivity contribution in [1.29, 1.82) is 0 Å². The van der Waals surface area contributed by atoms with Crippen LogP contribution in [-0.2, 0) is 0 Å². The molecule has 0 radical (unpaired) electrons. The highest BCUT2D eigenvalue weighted by molar-refractivity contribution is 5.73. The van der Waals surface area contributed by atoms with Crippen molar-refractivity contribution in [2.75, 3.05) is 0 Å². The van der Waals surface area contributed by atoms with Crippen molar-refractivity contribution < 1.29 is 0 Å². The molecule has 1 aliphatic rings. The van der Waals surface area contributed by atoms with Crippen LogP contribution in [0.2, 0.25) is 0 Å². The quantitative estimate of drug-likeness (QED) is 0.630. The van der Waals surface area contributed by atoms with Crippen molar-refractivity contribution in [1.82, 2.24) is 0 Å². The topological polar surface area (TPSA) is 0 Å². The van der Waals surface area contributed by atoms with Gasteiger partial charge in [0.25, 0.3) is 0 Å². The predicted octanol–water partition coefficient (Wildman–Crippen LogP) is 4.75. The molecule has 0 aromatic heterocycles. The Labute approximate surface area is 98.7 Å². The van der Waals surface area contributed by atoms with Gasteiger partial charge in [-0.3, -0.25) is 0 Å². The highest BCUT2D eigenvalue weighted by Crippen LogP contribution is 2.32. The third kappa shape index (κ3) is 2.27. The summed E-state index contributed by atoms with van der Waals surface area (Å²) in [7, 11) is 0. The summed E-state index contributed by atoms with van der Waals surface area (Å²) in [6.45, 7) is 6.77. The van der Waals surface area contributed by atoms with E-state index in [4.69, 9.17) is 0 Å². The Kier molecular flexibility index (Phi) is 3.28. The molecule has 2 rings (SSSR count). The molecule has 0 nitrogen and oxygen atoms in total. The van der Waals surface area contributed by atoms with Crippen LogP contribution in [0.5, 0.6) is 0 Å². The SMILES string of the molecule is CC1=C(c2ccccc2C)CC(C)CC=C1. The number of aryl methyl sites for hydroxylation is 1. The average Bonchev–Trinajstić information content (AvgIpc) is 2.42. The van der Waals surface area contributed by atoms with Gasteiger partial charge in [0.2, 0.25) is 0 Å². The van der Waals surface area contributed by atoms with Crippen LogP contribution >= 0.6 is 0 Å². The van der Waals surface area contributed by atoms with E-state index in [9.17, 15) is 0 Å². The van der Waals surface area contributed by atoms with E-state index >= 15 is 0 Å². The second-order valence-electron chi connectivity index (χ2n) is 4.92. The Balaban J connectivity index is 2.46. The molecule has 0 heteroatoms. The summed E-state index contributed by atoms with van der Waals surface area (Å²) >= 11 is 0. The predicted molar refractivity (Wildman–Crippen MR) is 71.3 cm³/mol. The minimum absolute atomic E-state index is 0.753. The van der Waals surface area contributed by atoms with Gasteiger partial charge in [-0.1, -0.05) is 43.3 Å². The van der Waals surface area contributed by atoms with Gasteiger partial charge in [0.1, 0.15) is 0 Å². The number of hydrogen-bond donors (Lipinski definition) is 0. The van der Waals surface area contributed by atoms with Crippen molar-refractivity contribution in [2.45, 2.75) is 33.6 Å². The Morgan fingerprint density at radius 2 is 1.88 bits per heavy atom. The molecule has 1 aliphatic carbocycles. The molecule has 0 amide bonds. The molecule has 1 aromatic carbocycles. The summed E-state index contributed by atoms with van der Waals surface area (Å²) in [5.41, 5.74) is 5.77. The van der Waals surface area contributed by atoms with Crippen LogP contribution in [0, 0.1) is 12.8 Å². The van der Waals surface area contributed by atoms with Gasteiger partial charge in [-0.05, 0) is 54.9 Å². The highest BCUT2D eigenvalue weighted by Gasteiger charge is 2.13. The lowest BCUT2D eigenvalue weighted by atomic mass is 9.90.